The molecule has 0 radical (unpaired) electrons. The summed E-state index contributed by atoms with van der Waals surface area (Å²) < 4.78 is 10.4. The van der Waals surface area contributed by atoms with Gasteiger partial charge in [0, 0.05) is 9.73 Å². The second-order valence-electron chi connectivity index (χ2n) is 7.53. The zero-order valence-corrected chi connectivity index (χ0v) is 21.4. The number of hydrogen-bond acceptors (Lipinski definition) is 4. The van der Waals surface area contributed by atoms with E-state index in [0.717, 1.165) is 45.2 Å². The van der Waals surface area contributed by atoms with Crippen molar-refractivity contribution in [3.05, 3.63) is 94.8 Å². The topological polar surface area (TPSA) is 46.7 Å². The van der Waals surface area contributed by atoms with Crippen molar-refractivity contribution in [2.24, 2.45) is 0 Å². The molecular formula is C26H28N2NiO2S2. The summed E-state index contributed by atoms with van der Waals surface area (Å²) >= 11 is 11.0. The maximum absolute atomic E-state index is 5.51. The molecule has 0 unspecified atom stereocenters. The molecule has 0 bridgehead atoms. The van der Waals surface area contributed by atoms with Gasteiger partial charge in [-0.15, -0.1) is 12.1 Å². The van der Waals surface area contributed by atoms with Crippen LogP contribution in [0.15, 0.2) is 73.1 Å². The number of hydrogen-bond donors (Lipinski definition) is 0. The SMILES string of the molecule is COc1ccc(C(=S)/C=C\[N-][C@H]2CCCC[C@@H]2[N-]/C=C\C(=S)c2ccc(OC)cc2)cc1.[Ni+2]. The maximum atomic E-state index is 5.51. The Bertz CT molecular complexity index is 880. The number of benzene rings is 2. The minimum atomic E-state index is 0. The predicted molar refractivity (Wildman–Crippen MR) is 140 cm³/mol. The van der Waals surface area contributed by atoms with Crippen LogP contribution in [-0.4, -0.2) is 36.0 Å². The first-order valence-electron chi connectivity index (χ1n) is 10.7. The van der Waals surface area contributed by atoms with Crippen LogP contribution in [0.2, 0.25) is 0 Å². The van der Waals surface area contributed by atoms with Gasteiger partial charge in [-0.25, -0.2) is 0 Å². The molecule has 4 nitrogen and oxygen atoms in total. The monoisotopic (exact) mass is 522 g/mol. The number of thiocarbonyl (C=S) groups is 2. The first kappa shape index (κ1) is 27.0. The minimum absolute atomic E-state index is 0. The molecule has 1 aliphatic carbocycles. The van der Waals surface area contributed by atoms with E-state index in [4.69, 9.17) is 44.5 Å². The van der Waals surface area contributed by atoms with Crippen molar-refractivity contribution < 1.29 is 26.0 Å². The molecule has 33 heavy (non-hydrogen) atoms. The molecule has 2 atom stereocenters. The molecule has 0 N–H and O–H groups in total. The fourth-order valence-corrected chi connectivity index (χ4v) is 3.98. The third-order valence-corrected chi connectivity index (χ3v) is 6.19. The quantitative estimate of drug-likeness (QED) is 0.147. The van der Waals surface area contributed by atoms with Crippen molar-refractivity contribution in [2.75, 3.05) is 14.2 Å². The fourth-order valence-electron chi connectivity index (χ4n) is 3.59. The van der Waals surface area contributed by atoms with Crippen LogP contribution in [0.4, 0.5) is 0 Å². The number of nitrogens with zero attached hydrogens (tertiary/aromatic N) is 2. The van der Waals surface area contributed by atoms with Crippen LogP contribution >= 0.6 is 24.4 Å². The average Bonchev–Trinajstić information content (AvgIpc) is 2.85. The average molecular weight is 523 g/mol. The zero-order chi connectivity index (χ0) is 22.8. The molecule has 176 valence electrons. The van der Waals surface area contributed by atoms with Gasteiger partial charge in [0.15, 0.2) is 0 Å². The van der Waals surface area contributed by atoms with Gasteiger partial charge in [-0.3, -0.25) is 0 Å². The summed E-state index contributed by atoms with van der Waals surface area (Å²) in [4.78, 5) is 1.51. The summed E-state index contributed by atoms with van der Waals surface area (Å²) in [5.74, 6) is 1.63. The van der Waals surface area contributed by atoms with Gasteiger partial charge in [-0.1, -0.05) is 62.3 Å². The number of ether oxygens (including phenoxy) is 2. The Morgan fingerprint density at radius 1 is 0.727 bits per heavy atom. The van der Waals surface area contributed by atoms with Gasteiger partial charge in [0.1, 0.15) is 11.5 Å². The number of methoxy groups -OCH3 is 2. The molecule has 0 spiro atoms. The van der Waals surface area contributed by atoms with Crippen LogP contribution in [0.1, 0.15) is 36.8 Å². The summed E-state index contributed by atoms with van der Waals surface area (Å²) in [6, 6.07) is 15.8. The molecule has 0 aliphatic heterocycles. The predicted octanol–water partition coefficient (Wildman–Crippen LogP) is 6.92. The molecule has 0 saturated heterocycles. The van der Waals surface area contributed by atoms with Crippen LogP contribution in [-0.2, 0) is 16.5 Å². The van der Waals surface area contributed by atoms with E-state index in [1.165, 1.54) is 12.8 Å². The third-order valence-electron chi connectivity index (χ3n) is 5.45. The molecule has 7 heteroatoms. The van der Waals surface area contributed by atoms with Crippen LogP contribution in [0, 0.1) is 0 Å². The Morgan fingerprint density at radius 2 is 1.09 bits per heavy atom. The van der Waals surface area contributed by atoms with Gasteiger partial charge in [0.05, 0.1) is 14.2 Å². The summed E-state index contributed by atoms with van der Waals surface area (Å²) in [6.45, 7) is 0. The first-order chi connectivity index (χ1) is 15.6. The molecule has 0 heterocycles. The summed E-state index contributed by atoms with van der Waals surface area (Å²) in [6.07, 6.45) is 11.8. The standard InChI is InChI=1S/C26H30N2O2S2.Ni/c1-29-21-11-7-19(8-12-21)25(31)15-17-27-23-5-3-4-6-24(23)28-18-16-26(32)20-9-13-22(30-2)14-10-20;/h7-18,23-24H,3-6H2,1-2H3,(H2,27,28,31,32);/q;+2/p-2/t23-,24-;/m0./s1. The van der Waals surface area contributed by atoms with Gasteiger partial charge in [0.2, 0.25) is 0 Å². The van der Waals surface area contributed by atoms with Crippen LogP contribution in [0.25, 0.3) is 10.6 Å². The van der Waals surface area contributed by atoms with E-state index in [1.54, 1.807) is 14.2 Å². The second-order valence-corrected chi connectivity index (χ2v) is 8.41. The molecular weight excluding hydrogens is 495 g/mol. The van der Waals surface area contributed by atoms with E-state index < -0.39 is 0 Å². The summed E-state index contributed by atoms with van der Waals surface area (Å²) in [5.41, 5.74) is 1.96. The molecule has 2 aromatic rings. The van der Waals surface area contributed by atoms with Crippen LogP contribution in [0.5, 0.6) is 11.5 Å². The molecule has 3 rings (SSSR count). The Hall–Kier alpha value is -2.21. The van der Waals surface area contributed by atoms with E-state index >= 15 is 0 Å². The van der Waals surface area contributed by atoms with Gasteiger partial charge >= 0.3 is 16.5 Å². The molecule has 1 aliphatic rings. The smallest absolute Gasteiger partial charge is 0.689 e. The Kier molecular flexibility index (Phi) is 11.6. The summed E-state index contributed by atoms with van der Waals surface area (Å²) in [5, 5.41) is 9.54. The normalized spacial score (nSPS) is 17.9. The van der Waals surface area contributed by atoms with Gasteiger partial charge in [-0.2, -0.15) is 12.4 Å². The first-order valence-corrected chi connectivity index (χ1v) is 11.5. The fraction of sp³-hybridized carbons (Fsp3) is 0.308. The van der Waals surface area contributed by atoms with E-state index in [2.05, 4.69) is 0 Å². The largest absolute Gasteiger partial charge is 2.00 e. The molecule has 0 amide bonds. The van der Waals surface area contributed by atoms with Crippen molar-refractivity contribution in [1.82, 2.24) is 0 Å². The Labute approximate surface area is 217 Å². The zero-order valence-electron chi connectivity index (χ0n) is 18.8. The van der Waals surface area contributed by atoms with Crippen LogP contribution < -0.4 is 9.47 Å². The van der Waals surface area contributed by atoms with E-state index in [0.29, 0.717) is 0 Å². The van der Waals surface area contributed by atoms with E-state index in [9.17, 15) is 0 Å². The third kappa shape index (κ3) is 8.26. The minimum Gasteiger partial charge on any atom is -0.689 e. The van der Waals surface area contributed by atoms with Gasteiger partial charge in [0.25, 0.3) is 0 Å². The molecule has 2 aromatic carbocycles. The van der Waals surface area contributed by atoms with Crippen LogP contribution in [0.3, 0.4) is 0 Å². The van der Waals surface area contributed by atoms with E-state index in [1.807, 2.05) is 73.1 Å². The molecule has 0 aromatic heterocycles. The van der Waals surface area contributed by atoms with Crippen molar-refractivity contribution in [3.8, 4) is 11.5 Å². The number of rotatable bonds is 10. The maximum Gasteiger partial charge on any atom is 2.00 e. The van der Waals surface area contributed by atoms with Gasteiger partial charge in [-0.05, 0) is 59.7 Å². The van der Waals surface area contributed by atoms with Crippen molar-refractivity contribution in [1.29, 1.82) is 0 Å². The Morgan fingerprint density at radius 3 is 1.42 bits per heavy atom. The number of allylic oxidation sites excluding steroid dienone is 2. The Balaban J connectivity index is 0.00000385. The molecule has 1 fully saturated rings. The second kappa shape index (κ2) is 14.1. The molecule has 1 saturated carbocycles. The van der Waals surface area contributed by atoms with Crippen molar-refractivity contribution >= 4 is 34.2 Å². The van der Waals surface area contributed by atoms with Crippen molar-refractivity contribution in [2.45, 2.75) is 37.8 Å². The van der Waals surface area contributed by atoms with Crippen molar-refractivity contribution in [3.63, 3.8) is 0 Å². The summed E-state index contributed by atoms with van der Waals surface area (Å²) in [7, 11) is 3.30. The van der Waals surface area contributed by atoms with E-state index in [-0.39, 0.29) is 28.6 Å². The van der Waals surface area contributed by atoms with Gasteiger partial charge < -0.3 is 20.1 Å².